The summed E-state index contributed by atoms with van der Waals surface area (Å²) in [5.74, 6) is 0. The highest BCUT2D eigenvalue weighted by atomic mass is 15.2. The van der Waals surface area contributed by atoms with Gasteiger partial charge in [0.05, 0.1) is 0 Å². The molecule has 0 aromatic carbocycles. The molecule has 0 unspecified atom stereocenters. The van der Waals surface area contributed by atoms with E-state index in [4.69, 9.17) is 0 Å². The van der Waals surface area contributed by atoms with E-state index in [-0.39, 0.29) is 0 Å². The van der Waals surface area contributed by atoms with Gasteiger partial charge in [-0.1, -0.05) is 12.2 Å². The fraction of sp³-hybridized carbons (Fsp3) is 0.600. The largest absolute Gasteiger partial charge is 0.301 e. The molecule has 0 fully saturated rings. The number of rotatable bonds is 7. The first-order chi connectivity index (χ1) is 5.70. The van der Waals surface area contributed by atoms with Gasteiger partial charge in [0.15, 0.2) is 0 Å². The van der Waals surface area contributed by atoms with E-state index in [0.29, 0.717) is 0 Å². The zero-order valence-corrected chi connectivity index (χ0v) is 8.29. The highest BCUT2D eigenvalue weighted by molar-refractivity contribution is 4.74. The lowest BCUT2D eigenvalue weighted by molar-refractivity contribution is 0.286. The van der Waals surface area contributed by atoms with E-state index in [1.807, 2.05) is 12.2 Å². The van der Waals surface area contributed by atoms with Crippen LogP contribution in [0.15, 0.2) is 25.3 Å². The lowest BCUT2D eigenvalue weighted by Crippen LogP contribution is -2.30. The first-order valence-electron chi connectivity index (χ1n) is 4.29. The first kappa shape index (κ1) is 11.4. The molecule has 0 rings (SSSR count). The Morgan fingerprint density at radius 1 is 0.917 bits per heavy atom. The van der Waals surface area contributed by atoms with Crippen LogP contribution in [-0.4, -0.2) is 50.1 Å². The summed E-state index contributed by atoms with van der Waals surface area (Å²) in [4.78, 5) is 4.49. The first-order valence-corrected chi connectivity index (χ1v) is 4.29. The van der Waals surface area contributed by atoms with E-state index in [2.05, 4.69) is 37.1 Å². The van der Waals surface area contributed by atoms with Gasteiger partial charge in [0.2, 0.25) is 0 Å². The number of nitrogens with zero attached hydrogens (tertiary/aromatic N) is 2. The van der Waals surface area contributed by atoms with Crippen LogP contribution >= 0.6 is 0 Å². The van der Waals surface area contributed by atoms with E-state index in [9.17, 15) is 0 Å². The van der Waals surface area contributed by atoms with Crippen molar-refractivity contribution >= 4 is 0 Å². The topological polar surface area (TPSA) is 6.48 Å². The van der Waals surface area contributed by atoms with E-state index in [1.165, 1.54) is 0 Å². The number of hydrogen-bond acceptors (Lipinski definition) is 2. The fourth-order valence-electron chi connectivity index (χ4n) is 0.965. The van der Waals surface area contributed by atoms with Crippen molar-refractivity contribution in [3.8, 4) is 0 Å². The Morgan fingerprint density at radius 3 is 1.50 bits per heavy atom. The Bertz CT molecular complexity index is 116. The molecule has 0 aromatic heterocycles. The van der Waals surface area contributed by atoms with E-state index >= 15 is 0 Å². The molecule has 0 N–H and O–H groups in total. The van der Waals surface area contributed by atoms with Crippen LogP contribution < -0.4 is 0 Å². The minimum absolute atomic E-state index is 0.960. The molecule has 0 aliphatic carbocycles. The molecule has 0 radical (unpaired) electrons. The van der Waals surface area contributed by atoms with Gasteiger partial charge in [-0.3, -0.25) is 0 Å². The van der Waals surface area contributed by atoms with Gasteiger partial charge in [-0.2, -0.15) is 0 Å². The van der Waals surface area contributed by atoms with Crippen LogP contribution in [0, 0.1) is 0 Å². The molecule has 2 nitrogen and oxygen atoms in total. The van der Waals surface area contributed by atoms with Crippen molar-refractivity contribution in [3.63, 3.8) is 0 Å². The van der Waals surface area contributed by atoms with Crippen molar-refractivity contribution in [2.75, 3.05) is 40.3 Å². The molecule has 2 heteroatoms. The molecule has 0 amide bonds. The molecule has 0 heterocycles. The van der Waals surface area contributed by atoms with Crippen molar-refractivity contribution < 1.29 is 0 Å². The highest BCUT2D eigenvalue weighted by Gasteiger charge is 1.97. The van der Waals surface area contributed by atoms with E-state index in [1.54, 1.807) is 0 Å². The Balaban J connectivity index is 3.38. The van der Waals surface area contributed by atoms with Crippen molar-refractivity contribution in [2.45, 2.75) is 0 Å². The van der Waals surface area contributed by atoms with Gasteiger partial charge < -0.3 is 9.80 Å². The smallest absolute Gasteiger partial charge is 0.0158 e. The fourth-order valence-corrected chi connectivity index (χ4v) is 0.965. The Labute approximate surface area is 76.2 Å². The zero-order chi connectivity index (χ0) is 9.40. The van der Waals surface area contributed by atoms with Gasteiger partial charge in [0.25, 0.3) is 0 Å². The van der Waals surface area contributed by atoms with Crippen LogP contribution in [0.1, 0.15) is 0 Å². The van der Waals surface area contributed by atoms with Crippen LogP contribution in [0.2, 0.25) is 0 Å². The maximum absolute atomic E-state index is 3.69. The maximum atomic E-state index is 3.69. The minimum atomic E-state index is 0.960. The van der Waals surface area contributed by atoms with Crippen molar-refractivity contribution in [1.29, 1.82) is 0 Å². The second-order valence-corrected chi connectivity index (χ2v) is 3.10. The lowest BCUT2D eigenvalue weighted by atomic mass is 10.4. The summed E-state index contributed by atoms with van der Waals surface area (Å²) in [5.41, 5.74) is 0. The predicted octanol–water partition coefficient (Wildman–Crippen LogP) is 1.22. The maximum Gasteiger partial charge on any atom is 0.0158 e. The summed E-state index contributed by atoms with van der Waals surface area (Å²) in [6, 6.07) is 0. The third-order valence-electron chi connectivity index (χ3n) is 1.74. The van der Waals surface area contributed by atoms with Gasteiger partial charge in [-0.05, 0) is 14.1 Å². The summed E-state index contributed by atoms with van der Waals surface area (Å²) >= 11 is 0. The second-order valence-electron chi connectivity index (χ2n) is 3.10. The Kier molecular flexibility index (Phi) is 6.72. The summed E-state index contributed by atoms with van der Waals surface area (Å²) in [6.45, 7) is 11.5. The van der Waals surface area contributed by atoms with Crippen LogP contribution in [0.4, 0.5) is 0 Å². The minimum Gasteiger partial charge on any atom is -0.301 e. The molecule has 0 saturated carbocycles. The normalized spacial score (nSPS) is 10.7. The second kappa shape index (κ2) is 7.07. The van der Waals surface area contributed by atoms with Gasteiger partial charge >= 0.3 is 0 Å². The number of hydrogen-bond donors (Lipinski definition) is 0. The average Bonchev–Trinajstić information content (AvgIpc) is 2.02. The van der Waals surface area contributed by atoms with Gasteiger partial charge in [-0.25, -0.2) is 0 Å². The third-order valence-corrected chi connectivity index (χ3v) is 1.74. The third kappa shape index (κ3) is 6.13. The Hall–Kier alpha value is -0.600. The van der Waals surface area contributed by atoms with Crippen LogP contribution in [0.25, 0.3) is 0 Å². The van der Waals surface area contributed by atoms with Gasteiger partial charge in [0.1, 0.15) is 0 Å². The molecule has 0 aliphatic heterocycles. The summed E-state index contributed by atoms with van der Waals surface area (Å²) in [5, 5.41) is 0. The summed E-state index contributed by atoms with van der Waals surface area (Å²) in [7, 11) is 4.20. The van der Waals surface area contributed by atoms with Crippen molar-refractivity contribution in [2.24, 2.45) is 0 Å². The highest BCUT2D eigenvalue weighted by Crippen LogP contribution is 1.86. The average molecular weight is 168 g/mol. The lowest BCUT2D eigenvalue weighted by Gasteiger charge is -2.19. The molecule has 12 heavy (non-hydrogen) atoms. The van der Waals surface area contributed by atoms with Crippen LogP contribution in [-0.2, 0) is 0 Å². The molecular formula is C10H20N2. The zero-order valence-electron chi connectivity index (χ0n) is 8.29. The molecule has 0 aliphatic rings. The SMILES string of the molecule is C=CCN(C)CCN(C)CC=C. The standard InChI is InChI=1S/C10H20N2/c1-5-7-11(3)9-10-12(4)8-6-2/h5-6H,1-2,7-10H2,3-4H3. The van der Waals surface area contributed by atoms with Gasteiger partial charge in [-0.15, -0.1) is 13.2 Å². The van der Waals surface area contributed by atoms with Gasteiger partial charge in [0, 0.05) is 26.2 Å². The molecule has 0 aromatic rings. The Morgan fingerprint density at radius 2 is 1.25 bits per heavy atom. The van der Waals surface area contributed by atoms with Crippen LogP contribution in [0.3, 0.4) is 0 Å². The molecule has 0 saturated heterocycles. The monoisotopic (exact) mass is 168 g/mol. The molecule has 0 atom stereocenters. The summed E-state index contributed by atoms with van der Waals surface area (Å²) < 4.78 is 0. The van der Waals surface area contributed by atoms with Crippen molar-refractivity contribution in [3.05, 3.63) is 25.3 Å². The quantitative estimate of drug-likeness (QED) is 0.527. The summed E-state index contributed by atoms with van der Waals surface area (Å²) in [6.07, 6.45) is 3.85. The molecule has 0 bridgehead atoms. The molecular weight excluding hydrogens is 148 g/mol. The molecule has 70 valence electrons. The van der Waals surface area contributed by atoms with Crippen LogP contribution in [0.5, 0.6) is 0 Å². The van der Waals surface area contributed by atoms with E-state index in [0.717, 1.165) is 26.2 Å². The predicted molar refractivity (Wildman–Crippen MR) is 55.4 cm³/mol. The van der Waals surface area contributed by atoms with E-state index < -0.39 is 0 Å². The number of likely N-dealkylation sites (N-methyl/N-ethyl adjacent to an activating group) is 2. The van der Waals surface area contributed by atoms with Crippen molar-refractivity contribution in [1.82, 2.24) is 9.80 Å². The molecule has 0 spiro atoms.